The topological polar surface area (TPSA) is 100 Å². The van der Waals surface area contributed by atoms with Crippen molar-refractivity contribution in [2.45, 2.75) is 0 Å². The third-order valence-corrected chi connectivity index (χ3v) is 4.97. The highest BCUT2D eigenvalue weighted by Gasteiger charge is 2.11. The normalized spacial score (nSPS) is 10.7. The van der Waals surface area contributed by atoms with Gasteiger partial charge in [0.1, 0.15) is 0 Å². The molecule has 0 saturated carbocycles. The minimum absolute atomic E-state index is 0.0951. The van der Waals surface area contributed by atoms with Gasteiger partial charge in [-0.1, -0.05) is 39.7 Å². The fourth-order valence-electron chi connectivity index (χ4n) is 2.62. The molecule has 0 unspecified atom stereocenters. The van der Waals surface area contributed by atoms with E-state index in [-0.39, 0.29) is 17.4 Å². The first kappa shape index (κ1) is 22.3. The van der Waals surface area contributed by atoms with Gasteiger partial charge in [0.25, 0.3) is 11.8 Å². The molecule has 3 aromatic carbocycles. The molecule has 0 aliphatic rings. The largest absolute Gasteiger partial charge is 0.504 e. The van der Waals surface area contributed by atoms with Crippen LogP contribution in [-0.4, -0.2) is 30.2 Å². The minimum Gasteiger partial charge on any atom is -0.504 e. The molecule has 0 spiro atoms. The molecule has 3 N–H and O–H groups in total. The Morgan fingerprint density at radius 3 is 2.48 bits per heavy atom. The van der Waals surface area contributed by atoms with E-state index in [9.17, 15) is 14.7 Å². The number of halogens is 2. The molecule has 7 nitrogen and oxygen atoms in total. The number of carbonyl (C=O) groups excluding carboxylic acids is 2. The number of hydrazone groups is 1. The minimum atomic E-state index is -0.457. The van der Waals surface area contributed by atoms with Gasteiger partial charge in [-0.15, -0.1) is 0 Å². The maximum atomic E-state index is 12.3. The quantitative estimate of drug-likeness (QED) is 0.332. The average molecular weight is 503 g/mol. The highest BCUT2D eigenvalue weighted by Crippen LogP contribution is 2.32. The SMILES string of the molecule is COc1cc(Br)cc(/C=N\NC(=O)c2ccc(NC(=O)c3ccccc3Cl)cc2)c1O. The van der Waals surface area contributed by atoms with E-state index in [1.165, 1.54) is 13.3 Å². The fourth-order valence-corrected chi connectivity index (χ4v) is 3.30. The van der Waals surface area contributed by atoms with Gasteiger partial charge < -0.3 is 15.2 Å². The predicted molar refractivity (Wildman–Crippen MR) is 123 cm³/mol. The molecule has 0 fully saturated rings. The molecule has 0 aliphatic carbocycles. The summed E-state index contributed by atoms with van der Waals surface area (Å²) in [6, 6.07) is 16.2. The molecule has 0 radical (unpaired) electrons. The summed E-state index contributed by atoms with van der Waals surface area (Å²) in [6.07, 6.45) is 1.30. The molecule has 158 valence electrons. The zero-order chi connectivity index (χ0) is 22.4. The maximum Gasteiger partial charge on any atom is 0.271 e. The Balaban J connectivity index is 1.63. The van der Waals surface area contributed by atoms with Crippen molar-refractivity contribution in [1.82, 2.24) is 5.43 Å². The van der Waals surface area contributed by atoms with Crippen molar-refractivity contribution in [3.63, 3.8) is 0 Å². The van der Waals surface area contributed by atoms with Crippen LogP contribution >= 0.6 is 27.5 Å². The first-order valence-corrected chi connectivity index (χ1v) is 10.1. The summed E-state index contributed by atoms with van der Waals surface area (Å²) in [5, 5.41) is 17.0. The van der Waals surface area contributed by atoms with Crippen LogP contribution in [0, 0.1) is 0 Å². The van der Waals surface area contributed by atoms with Crippen molar-refractivity contribution in [3.05, 3.63) is 86.8 Å². The number of ether oxygens (including phenoxy) is 1. The lowest BCUT2D eigenvalue weighted by Crippen LogP contribution is -2.18. The Morgan fingerprint density at radius 2 is 1.81 bits per heavy atom. The molecule has 0 heterocycles. The fraction of sp³-hybridized carbons (Fsp3) is 0.0455. The summed E-state index contributed by atoms with van der Waals surface area (Å²) in [5.74, 6) is -0.628. The Bertz CT molecular complexity index is 1150. The van der Waals surface area contributed by atoms with E-state index in [4.69, 9.17) is 16.3 Å². The number of amides is 2. The van der Waals surface area contributed by atoms with Gasteiger partial charge in [0, 0.05) is 21.3 Å². The first-order chi connectivity index (χ1) is 14.9. The second kappa shape index (κ2) is 10.1. The van der Waals surface area contributed by atoms with Crippen molar-refractivity contribution < 1.29 is 19.4 Å². The lowest BCUT2D eigenvalue weighted by Gasteiger charge is -2.08. The number of phenols is 1. The van der Waals surface area contributed by atoms with Crippen LogP contribution in [0.15, 0.2) is 70.2 Å². The lowest BCUT2D eigenvalue weighted by atomic mass is 10.1. The number of hydrogen-bond acceptors (Lipinski definition) is 5. The smallest absolute Gasteiger partial charge is 0.271 e. The number of rotatable bonds is 6. The second-order valence-electron chi connectivity index (χ2n) is 6.26. The third kappa shape index (κ3) is 5.62. The number of phenolic OH excluding ortho intramolecular Hbond substituents is 1. The van der Waals surface area contributed by atoms with E-state index in [0.29, 0.717) is 31.9 Å². The molecule has 3 rings (SSSR count). The van der Waals surface area contributed by atoms with Crippen molar-refractivity contribution in [3.8, 4) is 11.5 Å². The van der Waals surface area contributed by atoms with Crippen LogP contribution in [0.2, 0.25) is 5.02 Å². The molecule has 31 heavy (non-hydrogen) atoms. The standard InChI is InChI=1S/C22H17BrClN3O4/c1-31-19-11-15(23)10-14(20(19)28)12-25-27-21(29)13-6-8-16(9-7-13)26-22(30)17-4-2-3-5-18(17)24/h2-12,28H,1H3,(H,26,30)(H,27,29)/b25-12-. The number of nitrogens with zero attached hydrogens (tertiary/aromatic N) is 1. The molecule has 2 amide bonds. The van der Waals surface area contributed by atoms with E-state index < -0.39 is 5.91 Å². The maximum absolute atomic E-state index is 12.3. The number of nitrogens with one attached hydrogen (secondary N) is 2. The monoisotopic (exact) mass is 501 g/mol. The van der Waals surface area contributed by atoms with Crippen molar-refractivity contribution in [2.24, 2.45) is 5.10 Å². The molecular formula is C22H17BrClN3O4. The van der Waals surface area contributed by atoms with E-state index in [1.54, 1.807) is 60.7 Å². The number of carbonyl (C=O) groups is 2. The van der Waals surface area contributed by atoms with Crippen molar-refractivity contribution in [1.29, 1.82) is 0 Å². The van der Waals surface area contributed by atoms with Gasteiger partial charge >= 0.3 is 0 Å². The third-order valence-electron chi connectivity index (χ3n) is 4.18. The van der Waals surface area contributed by atoms with Crippen LogP contribution in [0.3, 0.4) is 0 Å². The Labute approximate surface area is 191 Å². The van der Waals surface area contributed by atoms with Gasteiger partial charge in [0.15, 0.2) is 11.5 Å². The van der Waals surface area contributed by atoms with E-state index in [0.717, 1.165) is 0 Å². The Morgan fingerprint density at radius 1 is 1.10 bits per heavy atom. The van der Waals surface area contributed by atoms with Crippen LogP contribution in [0.4, 0.5) is 5.69 Å². The van der Waals surface area contributed by atoms with Gasteiger partial charge in [-0.05, 0) is 48.5 Å². The van der Waals surface area contributed by atoms with Crippen LogP contribution in [0.25, 0.3) is 0 Å². The van der Waals surface area contributed by atoms with Gasteiger partial charge in [-0.3, -0.25) is 9.59 Å². The molecular weight excluding hydrogens is 486 g/mol. The average Bonchev–Trinajstić information content (AvgIpc) is 2.76. The molecule has 9 heteroatoms. The summed E-state index contributed by atoms with van der Waals surface area (Å²) < 4.78 is 5.75. The summed E-state index contributed by atoms with van der Waals surface area (Å²) >= 11 is 9.34. The van der Waals surface area contributed by atoms with Gasteiger partial charge in [0.2, 0.25) is 0 Å². The number of anilines is 1. The Hall–Kier alpha value is -3.36. The zero-order valence-electron chi connectivity index (χ0n) is 16.2. The van der Waals surface area contributed by atoms with Gasteiger partial charge in [-0.25, -0.2) is 5.43 Å². The number of aromatic hydroxyl groups is 1. The van der Waals surface area contributed by atoms with E-state index >= 15 is 0 Å². The highest BCUT2D eigenvalue weighted by atomic mass is 79.9. The van der Waals surface area contributed by atoms with Gasteiger partial charge in [0.05, 0.1) is 23.9 Å². The van der Waals surface area contributed by atoms with E-state index in [1.807, 2.05) is 0 Å². The summed E-state index contributed by atoms with van der Waals surface area (Å²) in [7, 11) is 1.44. The lowest BCUT2D eigenvalue weighted by molar-refractivity contribution is 0.0954. The molecule has 0 saturated heterocycles. The summed E-state index contributed by atoms with van der Waals surface area (Å²) in [5.41, 5.74) is 3.95. The molecule has 0 atom stereocenters. The van der Waals surface area contributed by atoms with Crippen LogP contribution in [0.5, 0.6) is 11.5 Å². The van der Waals surface area contributed by atoms with Crippen LogP contribution in [-0.2, 0) is 0 Å². The summed E-state index contributed by atoms with van der Waals surface area (Å²) in [4.78, 5) is 24.6. The van der Waals surface area contributed by atoms with Crippen LogP contribution in [0.1, 0.15) is 26.3 Å². The number of methoxy groups -OCH3 is 1. The predicted octanol–water partition coefficient (Wildman–Crippen LogP) is 4.83. The summed E-state index contributed by atoms with van der Waals surface area (Å²) in [6.45, 7) is 0. The van der Waals surface area contributed by atoms with Crippen molar-refractivity contribution in [2.75, 3.05) is 12.4 Å². The number of benzene rings is 3. The molecule has 3 aromatic rings. The molecule has 0 aliphatic heterocycles. The zero-order valence-corrected chi connectivity index (χ0v) is 18.6. The number of hydrogen-bond donors (Lipinski definition) is 3. The van der Waals surface area contributed by atoms with Gasteiger partial charge in [-0.2, -0.15) is 5.10 Å². The highest BCUT2D eigenvalue weighted by molar-refractivity contribution is 9.10. The Kier molecular flexibility index (Phi) is 7.28. The first-order valence-electron chi connectivity index (χ1n) is 8.95. The van der Waals surface area contributed by atoms with Crippen molar-refractivity contribution >= 4 is 51.2 Å². The molecule has 0 aromatic heterocycles. The van der Waals surface area contributed by atoms with E-state index in [2.05, 4.69) is 31.8 Å². The molecule has 0 bridgehead atoms. The van der Waals surface area contributed by atoms with Crippen LogP contribution < -0.4 is 15.5 Å². The second-order valence-corrected chi connectivity index (χ2v) is 7.58.